The molecule has 0 fully saturated rings. The standard InChI is InChI=1S/C15H14BrNO2/c1-10-8-12(16)6-7-14(10)17-15(18)11-4-3-5-13(9-11)19-2/h3-9H,1-2H3,(H,17,18). The molecular weight excluding hydrogens is 306 g/mol. The highest BCUT2D eigenvalue weighted by atomic mass is 79.9. The molecule has 0 aliphatic carbocycles. The van der Waals surface area contributed by atoms with Crippen LogP contribution in [-0.4, -0.2) is 13.0 Å². The van der Waals surface area contributed by atoms with Crippen molar-refractivity contribution in [2.24, 2.45) is 0 Å². The van der Waals surface area contributed by atoms with Gasteiger partial charge in [-0.3, -0.25) is 4.79 Å². The number of carbonyl (C=O) groups excluding carboxylic acids is 1. The third-order valence-electron chi connectivity index (χ3n) is 2.77. The zero-order valence-electron chi connectivity index (χ0n) is 10.7. The largest absolute Gasteiger partial charge is 0.497 e. The van der Waals surface area contributed by atoms with Crippen molar-refractivity contribution in [2.75, 3.05) is 12.4 Å². The molecule has 2 rings (SSSR count). The molecule has 0 atom stereocenters. The van der Waals surface area contributed by atoms with Crippen LogP contribution in [0.5, 0.6) is 5.75 Å². The molecule has 0 aliphatic rings. The molecule has 0 unspecified atom stereocenters. The van der Waals surface area contributed by atoms with Crippen molar-refractivity contribution >= 4 is 27.5 Å². The number of aryl methyl sites for hydroxylation is 1. The minimum atomic E-state index is -0.149. The number of hydrogen-bond acceptors (Lipinski definition) is 2. The summed E-state index contributed by atoms with van der Waals surface area (Å²) in [5.74, 6) is 0.518. The Hall–Kier alpha value is -1.81. The van der Waals surface area contributed by atoms with Crippen molar-refractivity contribution < 1.29 is 9.53 Å². The summed E-state index contributed by atoms with van der Waals surface area (Å²) in [7, 11) is 1.58. The molecular formula is C15H14BrNO2. The maximum Gasteiger partial charge on any atom is 0.255 e. The number of carbonyl (C=O) groups is 1. The number of ether oxygens (including phenoxy) is 1. The third kappa shape index (κ3) is 3.35. The monoisotopic (exact) mass is 319 g/mol. The second-order valence-corrected chi connectivity index (χ2v) is 5.06. The predicted molar refractivity (Wildman–Crippen MR) is 79.8 cm³/mol. The van der Waals surface area contributed by atoms with Gasteiger partial charge in [-0.05, 0) is 48.9 Å². The zero-order valence-corrected chi connectivity index (χ0v) is 12.3. The van der Waals surface area contributed by atoms with Gasteiger partial charge < -0.3 is 10.1 Å². The van der Waals surface area contributed by atoms with Gasteiger partial charge in [-0.25, -0.2) is 0 Å². The van der Waals surface area contributed by atoms with Crippen LogP contribution >= 0.6 is 15.9 Å². The van der Waals surface area contributed by atoms with Crippen LogP contribution in [0.25, 0.3) is 0 Å². The molecule has 0 saturated heterocycles. The zero-order chi connectivity index (χ0) is 13.8. The number of amides is 1. The van der Waals surface area contributed by atoms with Gasteiger partial charge in [-0.2, -0.15) is 0 Å². The topological polar surface area (TPSA) is 38.3 Å². The lowest BCUT2D eigenvalue weighted by atomic mass is 10.1. The van der Waals surface area contributed by atoms with Crippen molar-refractivity contribution in [3.63, 3.8) is 0 Å². The molecule has 0 aliphatic heterocycles. The van der Waals surface area contributed by atoms with E-state index in [-0.39, 0.29) is 5.91 Å². The van der Waals surface area contributed by atoms with Gasteiger partial charge in [0.15, 0.2) is 0 Å². The van der Waals surface area contributed by atoms with Crippen molar-refractivity contribution in [3.05, 3.63) is 58.1 Å². The fourth-order valence-electron chi connectivity index (χ4n) is 1.73. The fraction of sp³-hybridized carbons (Fsp3) is 0.133. The van der Waals surface area contributed by atoms with E-state index in [1.54, 1.807) is 25.3 Å². The minimum absolute atomic E-state index is 0.149. The van der Waals surface area contributed by atoms with Gasteiger partial charge in [0.2, 0.25) is 0 Å². The SMILES string of the molecule is COc1cccc(C(=O)Nc2ccc(Br)cc2C)c1. The van der Waals surface area contributed by atoms with Gasteiger partial charge in [0, 0.05) is 15.7 Å². The Balaban J connectivity index is 2.20. The highest BCUT2D eigenvalue weighted by Crippen LogP contribution is 2.21. The highest BCUT2D eigenvalue weighted by Gasteiger charge is 2.08. The average molecular weight is 320 g/mol. The van der Waals surface area contributed by atoms with Gasteiger partial charge in [0.25, 0.3) is 5.91 Å². The maximum atomic E-state index is 12.1. The second-order valence-electron chi connectivity index (χ2n) is 4.15. The van der Waals surface area contributed by atoms with Crippen LogP contribution in [0.4, 0.5) is 5.69 Å². The van der Waals surface area contributed by atoms with E-state index in [2.05, 4.69) is 21.2 Å². The molecule has 0 heterocycles. The summed E-state index contributed by atoms with van der Waals surface area (Å²) in [6.07, 6.45) is 0. The van der Waals surface area contributed by atoms with Gasteiger partial charge in [-0.15, -0.1) is 0 Å². The van der Waals surface area contributed by atoms with E-state index in [0.717, 1.165) is 15.7 Å². The summed E-state index contributed by atoms with van der Waals surface area (Å²) in [6.45, 7) is 1.95. The Morgan fingerprint density at radius 2 is 2.00 bits per heavy atom. The third-order valence-corrected chi connectivity index (χ3v) is 3.26. The predicted octanol–water partition coefficient (Wildman–Crippen LogP) is 4.02. The lowest BCUT2D eigenvalue weighted by Gasteiger charge is -2.09. The number of hydrogen-bond donors (Lipinski definition) is 1. The number of rotatable bonds is 3. The Morgan fingerprint density at radius 3 is 2.68 bits per heavy atom. The molecule has 1 amide bonds. The van der Waals surface area contributed by atoms with Crippen molar-refractivity contribution in [1.82, 2.24) is 0 Å². The van der Waals surface area contributed by atoms with Crippen LogP contribution < -0.4 is 10.1 Å². The van der Waals surface area contributed by atoms with E-state index in [4.69, 9.17) is 4.74 Å². The Kier molecular flexibility index (Phi) is 4.22. The second kappa shape index (κ2) is 5.89. The summed E-state index contributed by atoms with van der Waals surface area (Å²) in [5.41, 5.74) is 2.38. The molecule has 0 bridgehead atoms. The first-order chi connectivity index (χ1) is 9.10. The van der Waals surface area contributed by atoms with E-state index in [1.165, 1.54) is 0 Å². The maximum absolute atomic E-state index is 12.1. The Bertz CT molecular complexity index is 611. The van der Waals surface area contributed by atoms with Crippen molar-refractivity contribution in [1.29, 1.82) is 0 Å². The molecule has 0 aromatic heterocycles. The Morgan fingerprint density at radius 1 is 1.21 bits per heavy atom. The number of nitrogens with one attached hydrogen (secondary N) is 1. The molecule has 2 aromatic carbocycles. The number of benzene rings is 2. The lowest BCUT2D eigenvalue weighted by molar-refractivity contribution is 0.102. The normalized spacial score (nSPS) is 10.1. The smallest absolute Gasteiger partial charge is 0.255 e. The molecule has 3 nitrogen and oxygen atoms in total. The van der Waals surface area contributed by atoms with Gasteiger partial charge >= 0.3 is 0 Å². The number of anilines is 1. The van der Waals surface area contributed by atoms with Crippen molar-refractivity contribution in [2.45, 2.75) is 6.92 Å². The van der Waals surface area contributed by atoms with E-state index in [9.17, 15) is 4.79 Å². The van der Waals surface area contributed by atoms with Gasteiger partial charge in [0.1, 0.15) is 5.75 Å². The molecule has 4 heteroatoms. The summed E-state index contributed by atoms with van der Waals surface area (Å²) in [5, 5.41) is 2.89. The molecule has 1 N–H and O–H groups in total. The molecule has 0 radical (unpaired) electrons. The van der Waals surface area contributed by atoms with Gasteiger partial charge in [0.05, 0.1) is 7.11 Å². The fourth-order valence-corrected chi connectivity index (χ4v) is 2.20. The highest BCUT2D eigenvalue weighted by molar-refractivity contribution is 9.10. The quantitative estimate of drug-likeness (QED) is 0.928. The molecule has 98 valence electrons. The van der Waals surface area contributed by atoms with Gasteiger partial charge in [-0.1, -0.05) is 22.0 Å². The lowest BCUT2D eigenvalue weighted by Crippen LogP contribution is -2.12. The minimum Gasteiger partial charge on any atom is -0.497 e. The Labute approximate surface area is 120 Å². The van der Waals surface area contributed by atoms with Crippen LogP contribution in [0.1, 0.15) is 15.9 Å². The first-order valence-corrected chi connectivity index (χ1v) is 6.61. The van der Waals surface area contributed by atoms with E-state index < -0.39 is 0 Å². The molecule has 2 aromatic rings. The molecule has 0 spiro atoms. The summed E-state index contributed by atoms with van der Waals surface area (Å²) < 4.78 is 6.10. The summed E-state index contributed by atoms with van der Waals surface area (Å²) in [6, 6.07) is 12.8. The van der Waals surface area contributed by atoms with E-state index in [0.29, 0.717) is 11.3 Å². The number of halogens is 1. The van der Waals surface area contributed by atoms with Crippen LogP contribution in [0, 0.1) is 6.92 Å². The van der Waals surface area contributed by atoms with Crippen LogP contribution in [0.3, 0.4) is 0 Å². The van der Waals surface area contributed by atoms with E-state index in [1.807, 2.05) is 31.2 Å². The first-order valence-electron chi connectivity index (χ1n) is 5.81. The summed E-state index contributed by atoms with van der Waals surface area (Å²) >= 11 is 3.40. The van der Waals surface area contributed by atoms with Crippen LogP contribution in [0.2, 0.25) is 0 Å². The summed E-state index contributed by atoms with van der Waals surface area (Å²) in [4.78, 5) is 12.1. The van der Waals surface area contributed by atoms with Crippen LogP contribution in [-0.2, 0) is 0 Å². The van der Waals surface area contributed by atoms with E-state index >= 15 is 0 Å². The van der Waals surface area contributed by atoms with Crippen LogP contribution in [0.15, 0.2) is 46.9 Å². The number of methoxy groups -OCH3 is 1. The average Bonchev–Trinajstić information content (AvgIpc) is 2.42. The molecule has 0 saturated carbocycles. The van der Waals surface area contributed by atoms with Crippen molar-refractivity contribution in [3.8, 4) is 5.75 Å². The first kappa shape index (κ1) is 13.6. The molecule has 19 heavy (non-hydrogen) atoms.